The first-order valence-corrected chi connectivity index (χ1v) is 9.99. The van der Waals surface area contributed by atoms with Crippen molar-refractivity contribution in [3.63, 3.8) is 0 Å². The molecule has 1 aromatic rings. The van der Waals surface area contributed by atoms with Gasteiger partial charge >= 0.3 is 0 Å². The minimum Gasteiger partial charge on any atom is -0.488 e. The van der Waals surface area contributed by atoms with Crippen LogP contribution in [0.3, 0.4) is 0 Å². The number of benzene rings is 1. The molecule has 0 radical (unpaired) electrons. The molecule has 1 saturated heterocycles. The third kappa shape index (κ3) is 9.96. The number of nitrogens with zero attached hydrogens (tertiary/aromatic N) is 1. The lowest BCUT2D eigenvalue weighted by atomic mass is 10.1. The van der Waals surface area contributed by atoms with Crippen LogP contribution >= 0.6 is 39.9 Å². The number of hydrogen-bond acceptors (Lipinski definition) is 4. The summed E-state index contributed by atoms with van der Waals surface area (Å²) < 4.78 is 17.9. The Hall–Kier alpha value is -0.580. The van der Waals surface area contributed by atoms with Crippen molar-refractivity contribution in [2.24, 2.45) is 10.9 Å². The maximum Gasteiger partial charge on any atom is 0.191 e. The molecule has 1 aromatic carbocycles. The van der Waals surface area contributed by atoms with Crippen molar-refractivity contribution in [3.8, 4) is 5.75 Å². The average Bonchev–Trinajstić information content (AvgIpc) is 3.16. The highest BCUT2D eigenvalue weighted by molar-refractivity contribution is 14.0. The first-order chi connectivity index (χ1) is 12.7. The van der Waals surface area contributed by atoms with Crippen LogP contribution < -0.4 is 15.4 Å². The molecule has 0 bridgehead atoms. The van der Waals surface area contributed by atoms with E-state index in [1.807, 2.05) is 31.2 Å². The van der Waals surface area contributed by atoms with Crippen molar-refractivity contribution in [2.45, 2.75) is 25.9 Å². The van der Waals surface area contributed by atoms with E-state index in [0.717, 1.165) is 62.0 Å². The summed E-state index contributed by atoms with van der Waals surface area (Å²) >= 11 is 3.49. The lowest BCUT2D eigenvalue weighted by molar-refractivity contribution is 0.0888. The van der Waals surface area contributed by atoms with Crippen LogP contribution in [-0.4, -0.2) is 58.6 Å². The number of guanidine groups is 1. The zero-order valence-electron chi connectivity index (χ0n) is 16.1. The molecule has 27 heavy (non-hydrogen) atoms. The van der Waals surface area contributed by atoms with Crippen LogP contribution in [0.25, 0.3) is 0 Å². The van der Waals surface area contributed by atoms with Gasteiger partial charge in [-0.2, -0.15) is 0 Å². The number of aliphatic imine (C=N–C) groups is 1. The summed E-state index contributed by atoms with van der Waals surface area (Å²) in [7, 11) is 1.77. The third-order valence-electron chi connectivity index (χ3n) is 4.08. The van der Waals surface area contributed by atoms with E-state index in [-0.39, 0.29) is 30.1 Å². The van der Waals surface area contributed by atoms with E-state index in [0.29, 0.717) is 12.5 Å². The van der Waals surface area contributed by atoms with Crippen molar-refractivity contribution in [2.75, 3.05) is 46.6 Å². The molecule has 154 valence electrons. The van der Waals surface area contributed by atoms with E-state index in [1.54, 1.807) is 7.05 Å². The Labute approximate surface area is 188 Å². The molecule has 0 aliphatic carbocycles. The van der Waals surface area contributed by atoms with Crippen LogP contribution in [0.4, 0.5) is 0 Å². The maximum absolute atomic E-state index is 5.92. The van der Waals surface area contributed by atoms with Gasteiger partial charge in [-0.05, 0) is 47.8 Å². The zero-order valence-corrected chi connectivity index (χ0v) is 20.0. The Balaban J connectivity index is 0.00000364. The number of ether oxygens (including phenoxy) is 3. The molecular weight excluding hydrogens is 525 g/mol. The fraction of sp³-hybridized carbons (Fsp3) is 0.632. The molecule has 0 amide bonds. The maximum atomic E-state index is 5.92. The smallest absolute Gasteiger partial charge is 0.191 e. The summed E-state index contributed by atoms with van der Waals surface area (Å²) in [6, 6.07) is 7.85. The summed E-state index contributed by atoms with van der Waals surface area (Å²) in [6.07, 6.45) is 2.08. The predicted molar refractivity (Wildman–Crippen MR) is 123 cm³/mol. The van der Waals surface area contributed by atoms with Gasteiger partial charge in [0.15, 0.2) is 5.96 Å². The first kappa shape index (κ1) is 24.5. The molecule has 2 rings (SSSR count). The molecule has 2 atom stereocenters. The molecule has 6 nitrogen and oxygen atoms in total. The van der Waals surface area contributed by atoms with Crippen LogP contribution in [0.15, 0.2) is 33.7 Å². The lowest BCUT2D eigenvalue weighted by Crippen LogP contribution is -2.42. The molecule has 2 unspecified atom stereocenters. The molecule has 1 aliphatic heterocycles. The van der Waals surface area contributed by atoms with Gasteiger partial charge in [0.05, 0.1) is 24.2 Å². The highest BCUT2D eigenvalue weighted by Crippen LogP contribution is 2.24. The molecule has 1 heterocycles. The Morgan fingerprint density at radius 3 is 2.89 bits per heavy atom. The van der Waals surface area contributed by atoms with E-state index in [9.17, 15) is 0 Å². The summed E-state index contributed by atoms with van der Waals surface area (Å²) in [6.45, 7) is 6.79. The van der Waals surface area contributed by atoms with E-state index in [2.05, 4.69) is 31.6 Å². The second-order valence-electron chi connectivity index (χ2n) is 6.40. The molecule has 2 N–H and O–H groups in total. The van der Waals surface area contributed by atoms with E-state index >= 15 is 0 Å². The summed E-state index contributed by atoms with van der Waals surface area (Å²) in [5.41, 5.74) is 0. The van der Waals surface area contributed by atoms with Gasteiger partial charge in [0.25, 0.3) is 0 Å². The highest BCUT2D eigenvalue weighted by atomic mass is 127. The summed E-state index contributed by atoms with van der Waals surface area (Å²) in [4.78, 5) is 4.24. The predicted octanol–water partition coefficient (Wildman–Crippen LogP) is 3.44. The van der Waals surface area contributed by atoms with E-state index in [1.165, 1.54) is 0 Å². The second-order valence-corrected chi connectivity index (χ2v) is 7.25. The molecule has 0 saturated carbocycles. The lowest BCUT2D eigenvalue weighted by Gasteiger charge is -2.18. The van der Waals surface area contributed by atoms with Crippen molar-refractivity contribution in [1.29, 1.82) is 0 Å². The summed E-state index contributed by atoms with van der Waals surface area (Å²) in [5, 5.41) is 6.58. The van der Waals surface area contributed by atoms with Crippen molar-refractivity contribution in [3.05, 3.63) is 28.7 Å². The van der Waals surface area contributed by atoms with Crippen molar-refractivity contribution in [1.82, 2.24) is 10.6 Å². The number of para-hydroxylation sites is 1. The van der Waals surface area contributed by atoms with Crippen LogP contribution in [0.1, 0.15) is 19.8 Å². The quantitative estimate of drug-likeness (QED) is 0.200. The zero-order chi connectivity index (χ0) is 18.6. The van der Waals surface area contributed by atoms with Gasteiger partial charge in [-0.1, -0.05) is 12.1 Å². The van der Waals surface area contributed by atoms with Gasteiger partial charge < -0.3 is 24.8 Å². The van der Waals surface area contributed by atoms with E-state index < -0.39 is 0 Å². The molecular formula is C19H31BrIN3O3. The first-order valence-electron chi connectivity index (χ1n) is 9.20. The van der Waals surface area contributed by atoms with Gasteiger partial charge in [-0.25, -0.2) is 0 Å². The monoisotopic (exact) mass is 555 g/mol. The van der Waals surface area contributed by atoms with Crippen molar-refractivity contribution < 1.29 is 14.2 Å². The van der Waals surface area contributed by atoms with Crippen LogP contribution in [0.5, 0.6) is 5.75 Å². The second kappa shape index (κ2) is 14.4. The third-order valence-corrected chi connectivity index (χ3v) is 4.74. The Morgan fingerprint density at radius 2 is 2.19 bits per heavy atom. The van der Waals surface area contributed by atoms with Gasteiger partial charge in [0.2, 0.25) is 0 Å². The molecule has 0 aromatic heterocycles. The van der Waals surface area contributed by atoms with Crippen LogP contribution in [0.2, 0.25) is 0 Å². The largest absolute Gasteiger partial charge is 0.488 e. The van der Waals surface area contributed by atoms with Gasteiger partial charge in [-0.3, -0.25) is 4.99 Å². The number of nitrogens with one attached hydrogen (secondary N) is 2. The standard InChI is InChI=1S/C19H30BrN3O3.HI/c1-15(26-18-7-4-3-6-17(18)20)12-23-19(21-2)22-9-5-10-24-13-16-8-11-25-14-16;/h3-4,6-7,15-16H,5,8-14H2,1-2H3,(H2,21,22,23);1H. The minimum absolute atomic E-state index is 0. The SMILES string of the molecule is CN=C(NCCCOCC1CCOC1)NCC(C)Oc1ccccc1Br.I. The Morgan fingerprint density at radius 1 is 1.37 bits per heavy atom. The number of halogens is 2. The van der Waals surface area contributed by atoms with Gasteiger partial charge in [0.1, 0.15) is 11.9 Å². The van der Waals surface area contributed by atoms with Crippen molar-refractivity contribution >= 4 is 45.9 Å². The fourth-order valence-corrected chi connectivity index (χ4v) is 2.98. The highest BCUT2D eigenvalue weighted by Gasteiger charge is 2.15. The molecule has 0 spiro atoms. The topological polar surface area (TPSA) is 64.1 Å². The Kier molecular flexibility index (Phi) is 13.1. The summed E-state index contributed by atoms with van der Waals surface area (Å²) in [5.74, 6) is 2.19. The number of rotatable bonds is 10. The van der Waals surface area contributed by atoms with Crippen LogP contribution in [-0.2, 0) is 9.47 Å². The van der Waals surface area contributed by atoms with Gasteiger partial charge in [-0.15, -0.1) is 24.0 Å². The van der Waals surface area contributed by atoms with Gasteiger partial charge in [0, 0.05) is 32.7 Å². The number of hydrogen-bond donors (Lipinski definition) is 2. The molecule has 8 heteroatoms. The molecule has 1 fully saturated rings. The Bertz CT molecular complexity index is 557. The average molecular weight is 556 g/mol. The van der Waals surface area contributed by atoms with Crippen LogP contribution in [0, 0.1) is 5.92 Å². The van der Waals surface area contributed by atoms with E-state index in [4.69, 9.17) is 14.2 Å². The fourth-order valence-electron chi connectivity index (χ4n) is 2.61. The normalized spacial score (nSPS) is 17.9. The molecule has 1 aliphatic rings. The minimum atomic E-state index is 0.